The highest BCUT2D eigenvalue weighted by Crippen LogP contribution is 2.30. The van der Waals surface area contributed by atoms with E-state index in [0.29, 0.717) is 19.5 Å². The molecule has 0 spiro atoms. The number of amides is 1. The molecule has 0 saturated carbocycles. The first-order valence-corrected chi connectivity index (χ1v) is 17.2. The van der Waals surface area contributed by atoms with Gasteiger partial charge in [0.15, 0.2) is 9.84 Å². The number of sulfone groups is 1. The minimum absolute atomic E-state index is 0.0966. The van der Waals surface area contributed by atoms with Gasteiger partial charge in [-0.2, -0.15) is 0 Å². The van der Waals surface area contributed by atoms with Crippen LogP contribution in [0.15, 0.2) is 95.9 Å². The molecule has 3 aromatic carbocycles. The van der Waals surface area contributed by atoms with Crippen LogP contribution in [0.2, 0.25) is 0 Å². The van der Waals surface area contributed by atoms with E-state index < -0.39 is 15.3 Å². The molecule has 1 unspecified atom stereocenters. The lowest BCUT2D eigenvalue weighted by Crippen LogP contribution is -2.49. The lowest BCUT2D eigenvalue weighted by Gasteiger charge is -2.40. The van der Waals surface area contributed by atoms with Gasteiger partial charge in [-0.25, -0.2) is 13.2 Å². The van der Waals surface area contributed by atoms with Crippen molar-refractivity contribution in [2.75, 3.05) is 45.2 Å². The average molecular weight is 636 g/mol. The van der Waals surface area contributed by atoms with Crippen LogP contribution in [0.1, 0.15) is 44.2 Å². The molecule has 1 atom stereocenters. The summed E-state index contributed by atoms with van der Waals surface area (Å²) >= 11 is 0. The molecule has 0 aliphatic carbocycles. The van der Waals surface area contributed by atoms with E-state index >= 15 is 0 Å². The lowest BCUT2D eigenvalue weighted by molar-refractivity contribution is -0.143. The quantitative estimate of drug-likeness (QED) is 0.232. The Hall–Kier alpha value is -3.73. The van der Waals surface area contributed by atoms with Gasteiger partial charge in [0, 0.05) is 44.6 Å². The number of likely N-dealkylation sites (tertiary alicyclic amines) is 1. The first-order valence-electron chi connectivity index (χ1n) is 15.6. The number of rotatable bonds is 15. The third-order valence-electron chi connectivity index (χ3n) is 8.48. The van der Waals surface area contributed by atoms with Gasteiger partial charge in [-0.1, -0.05) is 78.9 Å². The fraction of sp³-hybridized carbons (Fsp3) is 0.429. The van der Waals surface area contributed by atoms with Crippen LogP contribution in [0.3, 0.4) is 0 Å². The summed E-state index contributed by atoms with van der Waals surface area (Å²) in [6.45, 7) is 6.96. The predicted octanol–water partition coefficient (Wildman–Crippen LogP) is 5.02. The predicted molar refractivity (Wildman–Crippen MR) is 174 cm³/mol. The Labute approximate surface area is 267 Å². The third-order valence-corrected chi connectivity index (χ3v) is 10.1. The van der Waals surface area contributed by atoms with Crippen molar-refractivity contribution < 1.29 is 27.5 Å². The summed E-state index contributed by atoms with van der Waals surface area (Å²) in [7, 11) is -3.55. The second-order valence-electron chi connectivity index (χ2n) is 11.6. The van der Waals surface area contributed by atoms with E-state index in [1.165, 1.54) is 6.92 Å². The molecule has 1 aliphatic heterocycles. The highest BCUT2D eigenvalue weighted by Gasteiger charge is 2.36. The van der Waals surface area contributed by atoms with Crippen LogP contribution in [0.4, 0.5) is 4.79 Å². The van der Waals surface area contributed by atoms with Crippen LogP contribution in [-0.4, -0.2) is 81.5 Å². The monoisotopic (exact) mass is 635 g/mol. The average Bonchev–Trinajstić information content (AvgIpc) is 3.07. The number of hydrogen-bond acceptors (Lipinski definition) is 8. The Bertz CT molecular complexity index is 1450. The summed E-state index contributed by atoms with van der Waals surface area (Å²) < 4.78 is 37.2. The van der Waals surface area contributed by atoms with E-state index in [2.05, 4.69) is 10.2 Å². The molecule has 242 valence electrons. The summed E-state index contributed by atoms with van der Waals surface area (Å²) in [5.41, 5.74) is 1.29. The molecule has 1 fully saturated rings. The van der Waals surface area contributed by atoms with Crippen molar-refractivity contribution in [2.45, 2.75) is 56.1 Å². The molecule has 3 aromatic rings. The summed E-state index contributed by atoms with van der Waals surface area (Å²) in [6, 6.07) is 28.0. The van der Waals surface area contributed by atoms with E-state index in [9.17, 15) is 18.0 Å². The first kappa shape index (κ1) is 34.1. The van der Waals surface area contributed by atoms with Gasteiger partial charge >= 0.3 is 12.1 Å². The lowest BCUT2D eigenvalue weighted by atomic mass is 9.77. The number of piperidine rings is 1. The van der Waals surface area contributed by atoms with E-state index in [0.717, 1.165) is 43.6 Å². The van der Waals surface area contributed by atoms with Gasteiger partial charge in [-0.05, 0) is 56.0 Å². The number of nitrogens with zero attached hydrogens (tertiary/aromatic N) is 2. The fourth-order valence-electron chi connectivity index (χ4n) is 5.87. The minimum Gasteiger partial charge on any atom is -0.465 e. The van der Waals surface area contributed by atoms with Crippen molar-refractivity contribution in [1.29, 1.82) is 0 Å². The van der Waals surface area contributed by atoms with Gasteiger partial charge < -0.3 is 24.6 Å². The van der Waals surface area contributed by atoms with Crippen LogP contribution in [0.25, 0.3) is 0 Å². The zero-order valence-electron chi connectivity index (χ0n) is 26.3. The number of ether oxygens (including phenoxy) is 2. The van der Waals surface area contributed by atoms with Gasteiger partial charge in [-0.15, -0.1) is 0 Å². The van der Waals surface area contributed by atoms with Gasteiger partial charge in [0.05, 0.1) is 4.90 Å². The number of benzene rings is 3. The Morgan fingerprint density at radius 2 is 1.51 bits per heavy atom. The maximum atomic E-state index is 13.0. The van der Waals surface area contributed by atoms with Crippen LogP contribution < -0.4 is 5.32 Å². The fourth-order valence-corrected chi connectivity index (χ4v) is 6.98. The zero-order valence-corrected chi connectivity index (χ0v) is 27.1. The van der Waals surface area contributed by atoms with Crippen molar-refractivity contribution in [1.82, 2.24) is 15.1 Å². The molecule has 1 aliphatic rings. The number of hydrogen-bond donors (Lipinski definition) is 1. The van der Waals surface area contributed by atoms with Crippen LogP contribution in [-0.2, 0) is 36.1 Å². The van der Waals surface area contributed by atoms with E-state index in [1.807, 2.05) is 72.5 Å². The molecule has 9 nitrogen and oxygen atoms in total. The molecule has 1 amide bonds. The minimum atomic E-state index is -3.55. The van der Waals surface area contributed by atoms with Gasteiger partial charge in [0.1, 0.15) is 19.1 Å². The second kappa shape index (κ2) is 16.5. The van der Waals surface area contributed by atoms with E-state index in [1.54, 1.807) is 30.3 Å². The smallest absolute Gasteiger partial charge is 0.410 e. The maximum absolute atomic E-state index is 13.0. The topological polar surface area (TPSA) is 105 Å². The Balaban J connectivity index is 1.39. The van der Waals surface area contributed by atoms with Crippen molar-refractivity contribution in [2.24, 2.45) is 0 Å². The molecular weight excluding hydrogens is 590 g/mol. The standard InChI is InChI=1S/C35H45N3O6S/c1-3-38(34(40)43-25-30-13-7-4-8-14-30)32-19-22-37(23-20-32)24-21-35(27-44-29(2)39,31-15-9-5-10-16-31)26-36-28-45(41,42)33-17-11-6-12-18-33/h4-18,32,36H,3,19-28H2,1-2H3. The van der Waals surface area contributed by atoms with Crippen LogP contribution >= 0.6 is 0 Å². The van der Waals surface area contributed by atoms with Crippen LogP contribution in [0.5, 0.6) is 0 Å². The number of esters is 1. The van der Waals surface area contributed by atoms with Crippen molar-refractivity contribution in [3.8, 4) is 0 Å². The summed E-state index contributed by atoms with van der Waals surface area (Å²) in [6.07, 6.45) is 2.00. The molecule has 1 saturated heterocycles. The van der Waals surface area contributed by atoms with E-state index in [-0.39, 0.29) is 42.1 Å². The van der Waals surface area contributed by atoms with E-state index in [4.69, 9.17) is 9.47 Å². The zero-order chi connectivity index (χ0) is 32.1. The van der Waals surface area contributed by atoms with Crippen molar-refractivity contribution >= 4 is 21.9 Å². The van der Waals surface area contributed by atoms with Gasteiger partial charge in [0.25, 0.3) is 0 Å². The Morgan fingerprint density at radius 1 is 0.911 bits per heavy atom. The number of carbonyl (C=O) groups is 2. The van der Waals surface area contributed by atoms with Gasteiger partial charge in [0.2, 0.25) is 0 Å². The van der Waals surface area contributed by atoms with Crippen molar-refractivity contribution in [3.63, 3.8) is 0 Å². The molecular formula is C35H45N3O6S. The summed E-state index contributed by atoms with van der Waals surface area (Å²) in [5.74, 6) is -0.614. The molecule has 45 heavy (non-hydrogen) atoms. The highest BCUT2D eigenvalue weighted by atomic mass is 32.2. The summed E-state index contributed by atoms with van der Waals surface area (Å²) in [5, 5.41) is 3.18. The second-order valence-corrected chi connectivity index (χ2v) is 13.6. The Kier molecular flexibility index (Phi) is 12.6. The SMILES string of the molecule is CCN(C(=O)OCc1ccccc1)C1CCN(CCC(CNCS(=O)(=O)c2ccccc2)(COC(C)=O)c2ccccc2)CC1. The summed E-state index contributed by atoms with van der Waals surface area (Å²) in [4.78, 5) is 29.3. The van der Waals surface area contributed by atoms with Gasteiger partial charge in [-0.3, -0.25) is 4.79 Å². The molecule has 0 bridgehead atoms. The largest absolute Gasteiger partial charge is 0.465 e. The molecule has 4 rings (SSSR count). The highest BCUT2D eigenvalue weighted by molar-refractivity contribution is 7.91. The molecule has 0 radical (unpaired) electrons. The number of carbonyl (C=O) groups excluding carboxylic acids is 2. The van der Waals surface area contributed by atoms with Crippen LogP contribution in [0, 0.1) is 0 Å². The number of nitrogens with one attached hydrogen (secondary N) is 1. The molecule has 10 heteroatoms. The molecule has 0 aromatic heterocycles. The maximum Gasteiger partial charge on any atom is 0.410 e. The normalized spacial score (nSPS) is 15.6. The van der Waals surface area contributed by atoms with Crippen molar-refractivity contribution in [3.05, 3.63) is 102 Å². The first-order chi connectivity index (χ1) is 21.7. The third kappa shape index (κ3) is 9.88. The Morgan fingerprint density at radius 3 is 2.11 bits per heavy atom. The molecule has 1 heterocycles. The molecule has 1 N–H and O–H groups in total.